The van der Waals surface area contributed by atoms with E-state index >= 15 is 0 Å². The van der Waals surface area contributed by atoms with Crippen LogP contribution in [0.4, 0.5) is 5.82 Å². The number of carbonyl (C=O) groups excluding carboxylic acids is 3. The molecular weight excluding hydrogens is 798 g/mol. The van der Waals surface area contributed by atoms with Crippen LogP contribution in [0.25, 0.3) is 0 Å². The number of esters is 2. The number of hydroxylamine groups is 1. The summed E-state index contributed by atoms with van der Waals surface area (Å²) in [6, 6.07) is 4.17. The maximum absolute atomic E-state index is 13.4. The quantitative estimate of drug-likeness (QED) is 0.141. The van der Waals surface area contributed by atoms with Gasteiger partial charge in [-0.3, -0.25) is 14.4 Å². The normalized spacial score (nSPS) is 41.6. The van der Waals surface area contributed by atoms with Crippen LogP contribution in [0.1, 0.15) is 80.1 Å². The third kappa shape index (κ3) is 11.9. The van der Waals surface area contributed by atoms with Crippen LogP contribution in [0.3, 0.4) is 0 Å². The molecule has 4 N–H and O–H groups in total. The zero-order valence-electron chi connectivity index (χ0n) is 36.7. The summed E-state index contributed by atoms with van der Waals surface area (Å²) in [7, 11) is 4.84. The van der Waals surface area contributed by atoms with Crippen molar-refractivity contribution in [3.8, 4) is 0 Å². The first kappa shape index (κ1) is 48.9. The Balaban J connectivity index is 1.42. The number of aromatic nitrogens is 1. The van der Waals surface area contributed by atoms with Gasteiger partial charge in [-0.2, -0.15) is 0 Å². The third-order valence-electron chi connectivity index (χ3n) is 12.2. The van der Waals surface area contributed by atoms with E-state index in [4.69, 9.17) is 38.0 Å². The Morgan fingerprint density at radius 3 is 2.38 bits per heavy atom. The van der Waals surface area contributed by atoms with Crippen molar-refractivity contribution in [1.29, 1.82) is 0 Å². The van der Waals surface area contributed by atoms with Gasteiger partial charge in [-0.1, -0.05) is 32.1 Å². The van der Waals surface area contributed by atoms with E-state index in [1.165, 1.54) is 7.11 Å². The van der Waals surface area contributed by atoms with Crippen molar-refractivity contribution in [3.63, 3.8) is 0 Å². The highest BCUT2D eigenvalue weighted by molar-refractivity contribution is 5.70. The Labute approximate surface area is 358 Å². The van der Waals surface area contributed by atoms with Gasteiger partial charge < -0.3 is 63.3 Å². The molecule has 5 aliphatic heterocycles. The monoisotopic (exact) mass is 865 g/mol. The molecule has 0 spiro atoms. The van der Waals surface area contributed by atoms with E-state index in [0.717, 1.165) is 0 Å². The van der Waals surface area contributed by atoms with Gasteiger partial charge in [0.15, 0.2) is 24.5 Å². The van der Waals surface area contributed by atoms with Gasteiger partial charge in [0.05, 0.1) is 49.0 Å². The van der Waals surface area contributed by atoms with Crippen molar-refractivity contribution >= 4 is 24.0 Å². The van der Waals surface area contributed by atoms with Crippen molar-refractivity contribution < 1.29 is 72.8 Å². The van der Waals surface area contributed by atoms with Crippen LogP contribution in [0, 0.1) is 11.8 Å². The minimum absolute atomic E-state index is 0.0457. The number of likely N-dealkylation sites (N-methyl/N-ethyl adjacent to an activating group) is 1. The van der Waals surface area contributed by atoms with Crippen LogP contribution in [0.15, 0.2) is 36.5 Å². The topological polar surface area (TPSA) is 225 Å². The van der Waals surface area contributed by atoms with Gasteiger partial charge in [-0.15, -0.1) is 0 Å². The lowest BCUT2D eigenvalue weighted by atomic mass is 9.81. The summed E-state index contributed by atoms with van der Waals surface area (Å²) in [5.41, 5.74) is -1.49. The summed E-state index contributed by atoms with van der Waals surface area (Å²) in [4.78, 5) is 50.5. The van der Waals surface area contributed by atoms with Crippen LogP contribution in [0.2, 0.25) is 0 Å². The van der Waals surface area contributed by atoms with E-state index < -0.39 is 128 Å². The van der Waals surface area contributed by atoms with Crippen LogP contribution in [-0.2, 0) is 52.4 Å². The van der Waals surface area contributed by atoms with E-state index in [1.807, 2.05) is 19.1 Å². The summed E-state index contributed by atoms with van der Waals surface area (Å²) in [5, 5.41) is 48.5. The van der Waals surface area contributed by atoms with Crippen molar-refractivity contribution in [2.24, 2.45) is 11.8 Å². The van der Waals surface area contributed by atoms with Gasteiger partial charge in [-0.25, -0.2) is 10.0 Å². The van der Waals surface area contributed by atoms with Gasteiger partial charge >= 0.3 is 11.9 Å². The molecule has 0 aromatic carbocycles. The molecule has 0 amide bonds. The van der Waals surface area contributed by atoms with Crippen LogP contribution >= 0.6 is 0 Å². The molecule has 18 heteroatoms. The third-order valence-corrected chi connectivity index (χ3v) is 12.2. The van der Waals surface area contributed by atoms with E-state index in [9.17, 15) is 34.8 Å². The van der Waals surface area contributed by atoms with Gasteiger partial charge in [-0.05, 0) is 72.2 Å². The first-order valence-electron chi connectivity index (χ1n) is 21.3. The molecule has 0 radical (unpaired) electrons. The summed E-state index contributed by atoms with van der Waals surface area (Å²) >= 11 is 0. The molecule has 2 bridgehead atoms. The molecule has 3 saturated heterocycles. The largest absolute Gasteiger partial charge is 0.462 e. The fraction of sp³-hybridized carbons (Fsp3) is 0.767. The SMILES string of the molecule is CCC(=O)O[C@H]1[C@H](C)O[C@@H](O[C@H]2[C@H](N(C)C)[C@@H](O)[C@@H](O[C@H]3[C@@H](CC=O)C[C@@H](C)[C@@H](O)[C@H]4C=C[C@@H](C[C@@H](C)OC(=O)C[C@@H](O)[C@@H]3OC)N(c3ccccn3)O4)O[C@@H]2C)C[C@@]1(C)O. The van der Waals surface area contributed by atoms with Crippen molar-refractivity contribution in [2.45, 2.75) is 177 Å². The molecule has 18 atom stereocenters. The lowest BCUT2D eigenvalue weighted by Crippen LogP contribution is -2.66. The Morgan fingerprint density at radius 2 is 1.75 bits per heavy atom. The molecule has 0 aliphatic carbocycles. The highest BCUT2D eigenvalue weighted by Gasteiger charge is 2.53. The smallest absolute Gasteiger partial charge is 0.308 e. The zero-order valence-corrected chi connectivity index (χ0v) is 36.7. The molecule has 0 unspecified atom stereocenters. The number of aldehydes is 1. The molecular formula is C43H67N3O15. The summed E-state index contributed by atoms with van der Waals surface area (Å²) < 4.78 is 42.7. The van der Waals surface area contributed by atoms with Crippen molar-refractivity contribution in [1.82, 2.24) is 9.88 Å². The molecule has 1 aromatic rings. The highest BCUT2D eigenvalue weighted by Crippen LogP contribution is 2.38. The molecule has 18 nitrogen and oxygen atoms in total. The summed E-state index contributed by atoms with van der Waals surface area (Å²) in [6.07, 6.45) is -7.49. The van der Waals surface area contributed by atoms with Crippen LogP contribution < -0.4 is 5.06 Å². The fourth-order valence-electron chi connectivity index (χ4n) is 9.04. The van der Waals surface area contributed by atoms with E-state index in [-0.39, 0.29) is 25.7 Å². The fourth-order valence-corrected chi connectivity index (χ4v) is 9.04. The maximum Gasteiger partial charge on any atom is 0.308 e. The molecule has 6 heterocycles. The number of anilines is 1. The second-order valence-electron chi connectivity index (χ2n) is 17.4. The Kier molecular flexibility index (Phi) is 17.2. The van der Waals surface area contributed by atoms with Crippen molar-refractivity contribution in [3.05, 3.63) is 36.5 Å². The lowest BCUT2D eigenvalue weighted by Gasteiger charge is -2.50. The average Bonchev–Trinajstić information content (AvgIpc) is 3.20. The van der Waals surface area contributed by atoms with Gasteiger partial charge in [0.1, 0.15) is 42.4 Å². The molecule has 0 saturated carbocycles. The second kappa shape index (κ2) is 21.5. The predicted octanol–water partition coefficient (Wildman–Crippen LogP) is 1.83. The Morgan fingerprint density at radius 1 is 1.02 bits per heavy atom. The molecule has 6 rings (SSSR count). The van der Waals surface area contributed by atoms with Gasteiger partial charge in [0, 0.05) is 39.0 Å². The summed E-state index contributed by atoms with van der Waals surface area (Å²) in [5.74, 6) is -1.95. The average molecular weight is 866 g/mol. The molecule has 3 fully saturated rings. The minimum atomic E-state index is -1.49. The van der Waals surface area contributed by atoms with Gasteiger partial charge in [0.2, 0.25) is 0 Å². The number of pyridine rings is 1. The number of methoxy groups -OCH3 is 1. The number of nitrogens with zero attached hydrogens (tertiary/aromatic N) is 3. The molecule has 61 heavy (non-hydrogen) atoms. The van der Waals surface area contributed by atoms with E-state index in [1.54, 1.807) is 83.1 Å². The number of aliphatic hydroxyl groups is 4. The lowest BCUT2D eigenvalue weighted by molar-refractivity contribution is -0.344. The highest BCUT2D eigenvalue weighted by atomic mass is 16.7. The predicted molar refractivity (Wildman–Crippen MR) is 217 cm³/mol. The molecule has 344 valence electrons. The van der Waals surface area contributed by atoms with E-state index in [2.05, 4.69) is 4.98 Å². The van der Waals surface area contributed by atoms with Crippen LogP contribution in [0.5, 0.6) is 0 Å². The summed E-state index contributed by atoms with van der Waals surface area (Å²) in [6.45, 7) is 10.2. The number of rotatable bonds is 11. The van der Waals surface area contributed by atoms with E-state index in [0.29, 0.717) is 18.5 Å². The maximum atomic E-state index is 13.4. The standard InChI is InChI=1S/C43H67N3O15/c1-10-32(49)58-41-26(5)56-34(22-43(41,6)53)59-38-25(4)57-42(37(52)35(38)45(7)8)60-39-27(16-18-47)19-23(2)36(51)30-15-14-28(46(61-30)31-13-11-12-17-44-31)20-24(3)55-33(50)21-29(48)40(39)54-9/h11-15,17-18,23-30,34-42,48,51-53H,10,16,19-22H2,1-9H3/t23-,24-,25-,26+,27+,28+,29-,30-,34+,35-,36-,37-,38-,39+,40+,41+,42-,43-/m1/s1. The number of ether oxygens (including phenoxy) is 7. The molecule has 5 aliphatic rings. The first-order valence-corrected chi connectivity index (χ1v) is 21.3. The van der Waals surface area contributed by atoms with Crippen LogP contribution in [-0.4, -0.2) is 167 Å². The second-order valence-corrected chi connectivity index (χ2v) is 17.4. The number of aliphatic hydroxyl groups excluding tert-OH is 3. The number of hydrogen-bond acceptors (Lipinski definition) is 18. The number of carbonyl (C=O) groups is 3. The Hall–Kier alpha value is -3.14. The molecule has 1 aromatic heterocycles. The zero-order chi connectivity index (χ0) is 44.8. The Bertz CT molecular complexity index is 1600. The van der Waals surface area contributed by atoms with Crippen molar-refractivity contribution in [2.75, 3.05) is 26.3 Å². The number of hydrogen-bond donors (Lipinski definition) is 4. The number of fused-ring (bicyclic) bond motifs is 12. The minimum Gasteiger partial charge on any atom is -0.462 e. The van der Waals surface area contributed by atoms with Gasteiger partial charge in [0.25, 0.3) is 0 Å². The first-order chi connectivity index (χ1) is 28.9.